The van der Waals surface area contributed by atoms with Gasteiger partial charge in [-0.2, -0.15) is 0 Å². The molecule has 2 aromatic carbocycles. The van der Waals surface area contributed by atoms with Crippen molar-refractivity contribution in [1.82, 2.24) is 25.1 Å². The van der Waals surface area contributed by atoms with Crippen LogP contribution in [-0.4, -0.2) is 56.0 Å². The van der Waals surface area contributed by atoms with Crippen molar-refractivity contribution < 1.29 is 19.1 Å². The number of aromatic nitrogens is 4. The van der Waals surface area contributed by atoms with Gasteiger partial charge in [-0.1, -0.05) is 42.5 Å². The van der Waals surface area contributed by atoms with Crippen LogP contribution < -0.4 is 0 Å². The zero-order valence-corrected chi connectivity index (χ0v) is 15.3. The number of ether oxygens (including phenoxy) is 1. The van der Waals surface area contributed by atoms with Crippen molar-refractivity contribution in [2.75, 3.05) is 13.2 Å². The number of rotatable bonds is 7. The van der Waals surface area contributed by atoms with Gasteiger partial charge >= 0.3 is 5.97 Å². The number of esters is 1. The molecule has 0 aliphatic carbocycles. The van der Waals surface area contributed by atoms with Crippen LogP contribution in [-0.2, 0) is 16.0 Å². The number of imide groups is 1. The fourth-order valence-corrected chi connectivity index (χ4v) is 3.21. The Balaban J connectivity index is 1.40. The maximum absolute atomic E-state index is 12.7. The van der Waals surface area contributed by atoms with Crippen LogP contribution in [0.1, 0.15) is 32.3 Å². The molecule has 0 saturated carbocycles. The zero-order chi connectivity index (χ0) is 20.2. The van der Waals surface area contributed by atoms with Gasteiger partial charge in [0.15, 0.2) is 6.04 Å². The third-order valence-electron chi connectivity index (χ3n) is 4.67. The van der Waals surface area contributed by atoms with E-state index < -0.39 is 12.0 Å². The van der Waals surface area contributed by atoms with E-state index in [4.69, 9.17) is 4.74 Å². The summed E-state index contributed by atoms with van der Waals surface area (Å²) in [4.78, 5) is 38.5. The zero-order valence-electron chi connectivity index (χ0n) is 15.3. The van der Waals surface area contributed by atoms with Crippen molar-refractivity contribution in [2.45, 2.75) is 12.5 Å². The first-order valence-electron chi connectivity index (χ1n) is 9.03. The lowest BCUT2D eigenvalue weighted by Gasteiger charge is -2.17. The normalized spacial score (nSPS) is 14.0. The summed E-state index contributed by atoms with van der Waals surface area (Å²) in [6.45, 7) is -0.135. The van der Waals surface area contributed by atoms with Gasteiger partial charge in [0.25, 0.3) is 11.8 Å². The van der Waals surface area contributed by atoms with Crippen molar-refractivity contribution in [3.63, 3.8) is 0 Å². The Hall–Kier alpha value is -3.88. The highest BCUT2D eigenvalue weighted by atomic mass is 16.5. The average molecular weight is 391 g/mol. The van der Waals surface area contributed by atoms with Crippen molar-refractivity contribution in [1.29, 1.82) is 0 Å². The molecule has 29 heavy (non-hydrogen) atoms. The summed E-state index contributed by atoms with van der Waals surface area (Å²) in [6, 6.07) is 15.3. The minimum Gasteiger partial charge on any atom is -0.462 e. The van der Waals surface area contributed by atoms with Gasteiger partial charge in [-0.15, -0.1) is 5.10 Å². The van der Waals surface area contributed by atoms with E-state index in [2.05, 4.69) is 15.5 Å². The predicted molar refractivity (Wildman–Crippen MR) is 99.8 cm³/mol. The molecule has 0 N–H and O–H groups in total. The number of fused-ring (bicyclic) bond motifs is 1. The Morgan fingerprint density at radius 2 is 1.62 bits per heavy atom. The van der Waals surface area contributed by atoms with Crippen molar-refractivity contribution in [3.8, 4) is 0 Å². The highest BCUT2D eigenvalue weighted by Crippen LogP contribution is 2.22. The molecule has 9 heteroatoms. The quantitative estimate of drug-likeness (QED) is 0.441. The molecular formula is C20H17N5O4. The highest BCUT2D eigenvalue weighted by molar-refractivity contribution is 6.21. The minimum absolute atomic E-state index is 0.0221. The number of hydrogen-bond donors (Lipinski definition) is 0. The summed E-state index contributed by atoms with van der Waals surface area (Å²) >= 11 is 0. The number of benzene rings is 2. The van der Waals surface area contributed by atoms with E-state index >= 15 is 0 Å². The Morgan fingerprint density at radius 3 is 2.24 bits per heavy atom. The maximum atomic E-state index is 12.7. The number of nitrogens with zero attached hydrogens (tertiary/aromatic N) is 5. The molecule has 0 radical (unpaired) electrons. The third kappa shape index (κ3) is 3.75. The average Bonchev–Trinajstić information content (AvgIpc) is 3.36. The highest BCUT2D eigenvalue weighted by Gasteiger charge is 2.35. The van der Waals surface area contributed by atoms with Gasteiger partial charge in [0.1, 0.15) is 12.9 Å². The topological polar surface area (TPSA) is 107 Å². The van der Waals surface area contributed by atoms with Gasteiger partial charge in [0.2, 0.25) is 0 Å². The molecule has 0 saturated heterocycles. The molecule has 9 nitrogen and oxygen atoms in total. The van der Waals surface area contributed by atoms with Gasteiger partial charge in [0.05, 0.1) is 17.7 Å². The number of carbonyl (C=O) groups is 3. The van der Waals surface area contributed by atoms with Gasteiger partial charge in [-0.3, -0.25) is 14.5 Å². The molecule has 2 heterocycles. The summed E-state index contributed by atoms with van der Waals surface area (Å²) in [7, 11) is 0. The van der Waals surface area contributed by atoms with Crippen molar-refractivity contribution >= 4 is 17.8 Å². The first kappa shape index (κ1) is 18.5. The Labute approximate surface area is 165 Å². The summed E-state index contributed by atoms with van der Waals surface area (Å²) in [6.07, 6.45) is 1.69. The number of amides is 2. The molecule has 0 fully saturated rings. The molecule has 0 spiro atoms. The van der Waals surface area contributed by atoms with E-state index in [-0.39, 0.29) is 25.0 Å². The monoisotopic (exact) mass is 391 g/mol. The van der Waals surface area contributed by atoms with E-state index in [0.717, 1.165) is 10.5 Å². The number of carbonyl (C=O) groups excluding carboxylic acids is 3. The Bertz CT molecular complexity index is 1000. The summed E-state index contributed by atoms with van der Waals surface area (Å²) in [5.74, 6) is -1.32. The van der Waals surface area contributed by atoms with Crippen LogP contribution in [0.5, 0.6) is 0 Å². The van der Waals surface area contributed by atoms with Crippen molar-refractivity contribution in [3.05, 3.63) is 77.6 Å². The molecule has 3 aromatic rings. The molecule has 146 valence electrons. The molecule has 4 rings (SSSR count). The van der Waals surface area contributed by atoms with E-state index in [1.54, 1.807) is 24.3 Å². The number of tetrazole rings is 1. The largest absolute Gasteiger partial charge is 0.462 e. The Morgan fingerprint density at radius 1 is 0.966 bits per heavy atom. The van der Waals surface area contributed by atoms with E-state index in [9.17, 15) is 14.4 Å². The van der Waals surface area contributed by atoms with Crippen LogP contribution in [0.15, 0.2) is 60.9 Å². The minimum atomic E-state index is -0.755. The molecular weight excluding hydrogens is 374 g/mol. The fraction of sp³-hybridized carbons (Fsp3) is 0.200. The Kier molecular flexibility index (Phi) is 5.10. The molecule has 2 amide bonds. The summed E-state index contributed by atoms with van der Waals surface area (Å²) < 4.78 is 6.69. The van der Waals surface area contributed by atoms with Gasteiger partial charge in [0, 0.05) is 6.42 Å². The lowest BCUT2D eigenvalue weighted by atomic mass is 10.1. The first-order chi connectivity index (χ1) is 14.1. The number of hydrogen-bond acceptors (Lipinski definition) is 7. The van der Waals surface area contributed by atoms with Crippen LogP contribution in [0.4, 0.5) is 0 Å². The lowest BCUT2D eigenvalue weighted by molar-refractivity contribution is -0.148. The van der Waals surface area contributed by atoms with Gasteiger partial charge in [-0.05, 0) is 28.1 Å². The molecule has 1 atom stereocenters. The van der Waals surface area contributed by atoms with E-state index in [0.29, 0.717) is 17.5 Å². The molecule has 1 aliphatic rings. The predicted octanol–water partition coefficient (Wildman–Crippen LogP) is 1.30. The van der Waals surface area contributed by atoms with E-state index in [1.165, 1.54) is 11.0 Å². The smallest absolute Gasteiger partial charge is 0.331 e. The third-order valence-corrected chi connectivity index (χ3v) is 4.67. The SMILES string of the molecule is O=C(OCCN1C(=O)c2ccccc2C1=O)[C@@H](Cc1ccccc1)n1cnnn1. The van der Waals surface area contributed by atoms with Crippen LogP contribution in [0.25, 0.3) is 0 Å². The maximum Gasteiger partial charge on any atom is 0.331 e. The standard InChI is InChI=1S/C20H17N5O4/c26-18-15-8-4-5-9-16(15)19(27)24(18)10-11-29-20(28)17(25-13-21-22-23-25)12-14-6-2-1-3-7-14/h1-9,13,17H,10-12H2/t17-/m1/s1. The van der Waals surface area contributed by atoms with Crippen LogP contribution >= 0.6 is 0 Å². The van der Waals surface area contributed by atoms with Crippen LogP contribution in [0, 0.1) is 0 Å². The molecule has 1 aliphatic heterocycles. The van der Waals surface area contributed by atoms with E-state index in [1.807, 2.05) is 30.3 Å². The van der Waals surface area contributed by atoms with Crippen molar-refractivity contribution in [2.24, 2.45) is 0 Å². The lowest BCUT2D eigenvalue weighted by Crippen LogP contribution is -2.34. The molecule has 1 aromatic heterocycles. The van der Waals surface area contributed by atoms with Crippen LogP contribution in [0.3, 0.4) is 0 Å². The first-order valence-corrected chi connectivity index (χ1v) is 9.03. The fourth-order valence-electron chi connectivity index (χ4n) is 3.21. The second-order valence-corrected chi connectivity index (χ2v) is 6.47. The second kappa shape index (κ2) is 8.01. The molecule has 0 bridgehead atoms. The summed E-state index contributed by atoms with van der Waals surface area (Å²) in [5.41, 5.74) is 1.64. The van der Waals surface area contributed by atoms with Gasteiger partial charge in [-0.25, -0.2) is 9.48 Å². The second-order valence-electron chi connectivity index (χ2n) is 6.47. The summed E-state index contributed by atoms with van der Waals surface area (Å²) in [5, 5.41) is 11.0. The molecule has 0 unspecified atom stereocenters. The van der Waals surface area contributed by atoms with Crippen LogP contribution in [0.2, 0.25) is 0 Å². The van der Waals surface area contributed by atoms with Gasteiger partial charge < -0.3 is 4.74 Å².